The summed E-state index contributed by atoms with van der Waals surface area (Å²) in [5.74, 6) is -0.100. The molecule has 1 amide bonds. The summed E-state index contributed by atoms with van der Waals surface area (Å²) in [7, 11) is 0. The molecule has 1 N–H and O–H groups in total. The van der Waals surface area contributed by atoms with E-state index in [0.717, 1.165) is 15.5 Å². The standard InChI is InChI=1S/C18H15N3OSe.2ClH/c22-18(21-14-7-5-10-19-12-14)16-8-1-2-9-17(16)23-13-15-6-3-4-11-20-15;;/h1-12H,13H2,(H,21,22);2*1H. The third-order valence-corrected chi connectivity index (χ3v) is 5.48. The summed E-state index contributed by atoms with van der Waals surface area (Å²) in [6, 6.07) is 17.3. The first kappa shape index (κ1) is 21.1. The van der Waals surface area contributed by atoms with E-state index < -0.39 is 0 Å². The van der Waals surface area contributed by atoms with Crippen LogP contribution in [0.5, 0.6) is 0 Å². The van der Waals surface area contributed by atoms with Crippen molar-refractivity contribution < 1.29 is 4.79 Å². The number of hydrogen-bond acceptors (Lipinski definition) is 3. The Hall–Kier alpha value is -1.91. The molecular weight excluding hydrogens is 424 g/mol. The molecule has 0 fully saturated rings. The topological polar surface area (TPSA) is 54.9 Å². The minimum atomic E-state index is -0.100. The Kier molecular flexibility index (Phi) is 9.17. The molecule has 0 aliphatic heterocycles. The van der Waals surface area contributed by atoms with Crippen LogP contribution in [0.15, 0.2) is 73.2 Å². The number of hydrogen-bond donors (Lipinski definition) is 1. The third-order valence-electron chi connectivity index (χ3n) is 3.15. The van der Waals surface area contributed by atoms with Crippen molar-refractivity contribution in [2.24, 2.45) is 0 Å². The van der Waals surface area contributed by atoms with Crippen molar-refractivity contribution in [3.63, 3.8) is 0 Å². The zero-order chi connectivity index (χ0) is 15.9. The predicted octanol–water partition coefficient (Wildman–Crippen LogP) is 3.10. The third kappa shape index (κ3) is 6.14. The van der Waals surface area contributed by atoms with Crippen LogP contribution in [0.1, 0.15) is 16.1 Å². The van der Waals surface area contributed by atoms with E-state index >= 15 is 0 Å². The average molecular weight is 441 g/mol. The van der Waals surface area contributed by atoms with E-state index in [0.29, 0.717) is 11.3 Å². The molecule has 0 saturated carbocycles. The van der Waals surface area contributed by atoms with Crippen LogP contribution in [0.25, 0.3) is 0 Å². The summed E-state index contributed by atoms with van der Waals surface area (Å²) in [4.78, 5) is 20.9. The molecule has 0 unspecified atom stereocenters. The van der Waals surface area contributed by atoms with Gasteiger partial charge >= 0.3 is 141 Å². The molecule has 0 radical (unpaired) electrons. The van der Waals surface area contributed by atoms with Crippen molar-refractivity contribution >= 4 is 55.8 Å². The van der Waals surface area contributed by atoms with E-state index in [1.54, 1.807) is 24.7 Å². The Morgan fingerprint density at radius 3 is 2.48 bits per heavy atom. The van der Waals surface area contributed by atoms with Crippen molar-refractivity contribution in [1.29, 1.82) is 0 Å². The number of amides is 1. The van der Waals surface area contributed by atoms with Gasteiger partial charge < -0.3 is 0 Å². The molecule has 0 bridgehead atoms. The van der Waals surface area contributed by atoms with E-state index in [1.807, 2.05) is 48.5 Å². The summed E-state index contributed by atoms with van der Waals surface area (Å²) in [5, 5.41) is 3.76. The number of rotatable bonds is 5. The second-order valence-electron chi connectivity index (χ2n) is 4.80. The number of anilines is 1. The summed E-state index contributed by atoms with van der Waals surface area (Å²) in [5.41, 5.74) is 2.46. The molecule has 0 saturated heterocycles. The zero-order valence-corrected chi connectivity index (χ0v) is 16.5. The Bertz CT molecular complexity index is 789. The van der Waals surface area contributed by atoms with Gasteiger partial charge in [-0.2, -0.15) is 0 Å². The van der Waals surface area contributed by atoms with Gasteiger partial charge in [0.2, 0.25) is 0 Å². The monoisotopic (exact) mass is 441 g/mol. The van der Waals surface area contributed by atoms with Crippen LogP contribution in [0.3, 0.4) is 0 Å². The number of nitrogens with zero attached hydrogens (tertiary/aromatic N) is 2. The number of halogens is 2. The van der Waals surface area contributed by atoms with E-state index in [2.05, 4.69) is 15.3 Å². The summed E-state index contributed by atoms with van der Waals surface area (Å²) in [6.07, 6.45) is 5.12. The maximum atomic E-state index is 12.5. The van der Waals surface area contributed by atoms with Crippen molar-refractivity contribution in [2.75, 3.05) is 5.32 Å². The SMILES string of the molecule is Cl.Cl.O=C(Nc1cccnc1)c1ccccc1[Se]Cc1ccccn1. The van der Waals surface area contributed by atoms with Crippen LogP contribution >= 0.6 is 24.8 Å². The molecule has 0 aliphatic rings. The fraction of sp³-hybridized carbons (Fsp3) is 0.0556. The van der Waals surface area contributed by atoms with Gasteiger partial charge in [-0.3, -0.25) is 0 Å². The second kappa shape index (κ2) is 10.9. The van der Waals surface area contributed by atoms with Crippen LogP contribution in [0.4, 0.5) is 5.69 Å². The molecule has 3 aromatic rings. The molecule has 2 aromatic heterocycles. The number of aromatic nitrogens is 2. The molecule has 0 spiro atoms. The Labute approximate surface area is 165 Å². The Morgan fingerprint density at radius 2 is 1.76 bits per heavy atom. The second-order valence-corrected chi connectivity index (χ2v) is 6.94. The van der Waals surface area contributed by atoms with Crippen molar-refractivity contribution in [3.8, 4) is 0 Å². The van der Waals surface area contributed by atoms with Crippen LogP contribution in [0.2, 0.25) is 0 Å². The predicted molar refractivity (Wildman–Crippen MR) is 106 cm³/mol. The van der Waals surface area contributed by atoms with E-state index in [9.17, 15) is 4.79 Å². The van der Waals surface area contributed by atoms with Gasteiger partial charge in [0.05, 0.1) is 0 Å². The molecule has 130 valence electrons. The first-order chi connectivity index (χ1) is 11.3. The van der Waals surface area contributed by atoms with E-state index in [-0.39, 0.29) is 45.7 Å². The number of nitrogens with one attached hydrogen (secondary N) is 1. The van der Waals surface area contributed by atoms with Crippen LogP contribution in [-0.4, -0.2) is 30.8 Å². The first-order valence-electron chi connectivity index (χ1n) is 7.16. The van der Waals surface area contributed by atoms with Gasteiger partial charge in [0, 0.05) is 0 Å². The summed E-state index contributed by atoms with van der Waals surface area (Å²) >= 11 is 0.150. The Morgan fingerprint density at radius 1 is 0.960 bits per heavy atom. The van der Waals surface area contributed by atoms with Gasteiger partial charge in [0.15, 0.2) is 0 Å². The Balaban J connectivity index is 0.00000156. The zero-order valence-electron chi connectivity index (χ0n) is 13.2. The maximum absolute atomic E-state index is 12.5. The summed E-state index contributed by atoms with van der Waals surface area (Å²) < 4.78 is 1.08. The van der Waals surface area contributed by atoms with Crippen molar-refractivity contribution in [3.05, 3.63) is 84.4 Å². The molecule has 25 heavy (non-hydrogen) atoms. The molecule has 4 nitrogen and oxygen atoms in total. The quantitative estimate of drug-likeness (QED) is 0.620. The fourth-order valence-corrected chi connectivity index (χ4v) is 4.08. The van der Waals surface area contributed by atoms with Crippen LogP contribution in [0, 0.1) is 0 Å². The van der Waals surface area contributed by atoms with Gasteiger partial charge in [0.25, 0.3) is 0 Å². The van der Waals surface area contributed by atoms with Gasteiger partial charge in [0.1, 0.15) is 0 Å². The molecule has 7 heteroatoms. The van der Waals surface area contributed by atoms with Crippen LogP contribution in [-0.2, 0) is 5.32 Å². The minimum absolute atomic E-state index is 0. The molecule has 0 atom stereocenters. The number of benzene rings is 1. The van der Waals surface area contributed by atoms with Gasteiger partial charge in [-0.15, -0.1) is 24.8 Å². The van der Waals surface area contributed by atoms with Crippen molar-refractivity contribution in [2.45, 2.75) is 5.32 Å². The van der Waals surface area contributed by atoms with Crippen molar-refractivity contribution in [1.82, 2.24) is 9.97 Å². The average Bonchev–Trinajstić information content (AvgIpc) is 2.62. The molecule has 1 aromatic carbocycles. The normalized spacial score (nSPS) is 9.44. The number of carbonyl (C=O) groups is 1. The molecule has 0 aliphatic carbocycles. The van der Waals surface area contributed by atoms with E-state index in [1.165, 1.54) is 0 Å². The number of carbonyl (C=O) groups excluding carboxylic acids is 1. The van der Waals surface area contributed by atoms with Gasteiger partial charge in [-0.1, -0.05) is 0 Å². The fourth-order valence-electron chi connectivity index (χ4n) is 2.05. The van der Waals surface area contributed by atoms with Gasteiger partial charge in [-0.25, -0.2) is 0 Å². The molecule has 3 rings (SSSR count). The molecular formula is C18H17Cl2N3OSe. The van der Waals surface area contributed by atoms with E-state index in [4.69, 9.17) is 0 Å². The summed E-state index contributed by atoms with van der Waals surface area (Å²) in [6.45, 7) is 0. The van der Waals surface area contributed by atoms with Crippen LogP contribution < -0.4 is 9.78 Å². The van der Waals surface area contributed by atoms with Gasteiger partial charge in [-0.05, 0) is 0 Å². The number of pyridine rings is 2. The molecule has 2 heterocycles. The first-order valence-corrected chi connectivity index (χ1v) is 9.23.